The molecule has 1 aliphatic rings. The summed E-state index contributed by atoms with van der Waals surface area (Å²) in [5.74, 6) is -0.203. The lowest BCUT2D eigenvalue weighted by Gasteiger charge is -2.30. The standard InChI is InChI=1S/C22H20F4N6O.ClH/c1-33-18-9-17-12(8-15(18)23)2-4-16(28-17)21-30-29-19-5-3-13(10-32(19)21)20(22(24,25)26)31-7-6-14(27)11-31;/h2-5,8-10,14,20H,6-7,11,27H2,1H3;1H/t14-,20+;/m0./s1. The molecule has 2 N–H and O–H groups in total. The molecule has 4 heterocycles. The van der Waals surface area contributed by atoms with E-state index in [1.54, 1.807) is 12.1 Å². The Balaban J connectivity index is 0.00000274. The highest BCUT2D eigenvalue weighted by atomic mass is 35.5. The Bertz CT molecular complexity index is 1340. The molecule has 7 nitrogen and oxygen atoms in total. The number of ether oxygens (including phenoxy) is 1. The molecule has 12 heteroatoms. The Morgan fingerprint density at radius 2 is 1.94 bits per heavy atom. The van der Waals surface area contributed by atoms with Gasteiger partial charge in [0.2, 0.25) is 0 Å². The Hall–Kier alpha value is -3.02. The van der Waals surface area contributed by atoms with Gasteiger partial charge in [-0.25, -0.2) is 9.37 Å². The summed E-state index contributed by atoms with van der Waals surface area (Å²) in [5, 5.41) is 8.75. The second-order valence-corrected chi connectivity index (χ2v) is 8.08. The number of hydrogen-bond acceptors (Lipinski definition) is 6. The summed E-state index contributed by atoms with van der Waals surface area (Å²) < 4.78 is 62.6. The minimum atomic E-state index is -4.48. The van der Waals surface area contributed by atoms with Crippen LogP contribution in [0.4, 0.5) is 17.6 Å². The van der Waals surface area contributed by atoms with Gasteiger partial charge < -0.3 is 10.5 Å². The smallest absolute Gasteiger partial charge is 0.408 e. The van der Waals surface area contributed by atoms with Crippen LogP contribution in [0.1, 0.15) is 18.0 Å². The molecule has 0 spiro atoms. The molecule has 5 rings (SSSR count). The SMILES string of the molecule is COc1cc2nc(-c3nnc4ccc([C@@H](N5CC[C@H](N)C5)C(F)(F)F)cn34)ccc2cc1F.Cl. The van der Waals surface area contributed by atoms with Crippen molar-refractivity contribution in [3.63, 3.8) is 0 Å². The number of aromatic nitrogens is 4. The van der Waals surface area contributed by atoms with Gasteiger partial charge in [0.25, 0.3) is 0 Å². The van der Waals surface area contributed by atoms with Crippen molar-refractivity contribution in [2.24, 2.45) is 5.73 Å². The highest BCUT2D eigenvalue weighted by Gasteiger charge is 2.46. The number of alkyl halides is 3. The van der Waals surface area contributed by atoms with Crippen molar-refractivity contribution in [3.05, 3.63) is 54.0 Å². The number of benzene rings is 1. The summed E-state index contributed by atoms with van der Waals surface area (Å²) in [6.45, 7) is 0.435. The molecule has 0 amide bonds. The molecule has 0 unspecified atom stereocenters. The van der Waals surface area contributed by atoms with Gasteiger partial charge in [0, 0.05) is 36.8 Å². The molecule has 0 radical (unpaired) electrons. The molecule has 0 bridgehead atoms. The fraction of sp³-hybridized carbons (Fsp3) is 0.318. The van der Waals surface area contributed by atoms with Crippen molar-refractivity contribution in [1.82, 2.24) is 24.5 Å². The highest BCUT2D eigenvalue weighted by molar-refractivity contribution is 5.85. The average Bonchev–Trinajstić information content (AvgIpc) is 3.38. The minimum absolute atomic E-state index is 0. The number of hydrogen-bond donors (Lipinski definition) is 1. The van der Waals surface area contributed by atoms with Crippen molar-refractivity contribution in [2.45, 2.75) is 24.7 Å². The maximum absolute atomic E-state index is 14.0. The van der Waals surface area contributed by atoms with Crippen LogP contribution in [0.3, 0.4) is 0 Å². The molecule has 34 heavy (non-hydrogen) atoms. The first kappa shape index (κ1) is 24.1. The molecule has 0 saturated carbocycles. The van der Waals surface area contributed by atoms with E-state index in [0.717, 1.165) is 0 Å². The number of nitrogens with zero attached hydrogens (tertiary/aromatic N) is 5. The summed E-state index contributed by atoms with van der Waals surface area (Å²) in [6.07, 6.45) is -2.57. The van der Waals surface area contributed by atoms with E-state index >= 15 is 0 Å². The molecular weight excluding hydrogens is 476 g/mol. The largest absolute Gasteiger partial charge is 0.494 e. The second kappa shape index (κ2) is 8.97. The van der Waals surface area contributed by atoms with Gasteiger partial charge in [-0.3, -0.25) is 9.30 Å². The number of methoxy groups -OCH3 is 1. The predicted molar refractivity (Wildman–Crippen MR) is 120 cm³/mol. The van der Waals surface area contributed by atoms with Crippen LogP contribution < -0.4 is 10.5 Å². The molecule has 180 valence electrons. The summed E-state index contributed by atoms with van der Waals surface area (Å²) in [7, 11) is 1.35. The summed E-state index contributed by atoms with van der Waals surface area (Å²) >= 11 is 0. The van der Waals surface area contributed by atoms with E-state index < -0.39 is 18.0 Å². The Morgan fingerprint density at radius 3 is 2.62 bits per heavy atom. The lowest BCUT2D eigenvalue weighted by molar-refractivity contribution is -0.183. The summed E-state index contributed by atoms with van der Waals surface area (Å²) in [5.41, 5.74) is 7.14. The Morgan fingerprint density at radius 1 is 1.15 bits per heavy atom. The molecule has 1 aromatic carbocycles. The van der Waals surface area contributed by atoms with Gasteiger partial charge in [-0.2, -0.15) is 13.2 Å². The van der Waals surface area contributed by atoms with Crippen molar-refractivity contribution in [1.29, 1.82) is 0 Å². The summed E-state index contributed by atoms with van der Waals surface area (Å²) in [6, 6.07) is 6.89. The molecule has 4 aromatic rings. The monoisotopic (exact) mass is 496 g/mol. The van der Waals surface area contributed by atoms with Crippen LogP contribution in [0, 0.1) is 5.82 Å². The number of likely N-dealkylation sites (tertiary alicyclic amines) is 1. The maximum atomic E-state index is 14.0. The zero-order chi connectivity index (χ0) is 23.3. The zero-order valence-corrected chi connectivity index (χ0v) is 18.8. The van der Waals surface area contributed by atoms with Gasteiger partial charge in [-0.05, 0) is 30.2 Å². The van der Waals surface area contributed by atoms with Crippen LogP contribution in [0.25, 0.3) is 28.1 Å². The third kappa shape index (κ3) is 4.26. The molecule has 3 aromatic heterocycles. The van der Waals surface area contributed by atoms with E-state index in [0.29, 0.717) is 28.7 Å². The van der Waals surface area contributed by atoms with Crippen LogP contribution in [-0.2, 0) is 0 Å². The van der Waals surface area contributed by atoms with Gasteiger partial charge in [0.1, 0.15) is 11.7 Å². The van der Waals surface area contributed by atoms with Crippen LogP contribution in [0.5, 0.6) is 5.75 Å². The molecule has 0 aliphatic carbocycles. The van der Waals surface area contributed by atoms with Crippen molar-refractivity contribution in [2.75, 3.05) is 20.2 Å². The van der Waals surface area contributed by atoms with Gasteiger partial charge >= 0.3 is 6.18 Å². The van der Waals surface area contributed by atoms with Crippen LogP contribution >= 0.6 is 12.4 Å². The lowest BCUT2D eigenvalue weighted by atomic mass is 10.1. The number of nitrogens with two attached hydrogens (primary N) is 1. The fourth-order valence-corrected chi connectivity index (χ4v) is 4.31. The quantitative estimate of drug-likeness (QED) is 0.427. The molecule has 1 saturated heterocycles. The van der Waals surface area contributed by atoms with E-state index in [1.807, 2.05) is 0 Å². The van der Waals surface area contributed by atoms with Crippen molar-refractivity contribution >= 4 is 29.0 Å². The molecule has 2 atom stereocenters. The van der Waals surface area contributed by atoms with Gasteiger partial charge in [0.15, 0.2) is 23.0 Å². The van der Waals surface area contributed by atoms with Crippen LogP contribution in [-0.4, -0.2) is 56.9 Å². The minimum Gasteiger partial charge on any atom is -0.494 e. The normalized spacial score (nSPS) is 17.8. The number of pyridine rings is 2. The maximum Gasteiger partial charge on any atom is 0.408 e. The molecular formula is C22H21ClF4N6O. The van der Waals surface area contributed by atoms with E-state index in [2.05, 4.69) is 15.2 Å². The average molecular weight is 497 g/mol. The van der Waals surface area contributed by atoms with Gasteiger partial charge in [0.05, 0.1) is 12.6 Å². The first-order valence-electron chi connectivity index (χ1n) is 10.3. The lowest BCUT2D eigenvalue weighted by Crippen LogP contribution is -2.38. The van der Waals surface area contributed by atoms with E-state index in [4.69, 9.17) is 10.5 Å². The number of fused-ring (bicyclic) bond motifs is 2. The first-order valence-corrected chi connectivity index (χ1v) is 10.3. The third-order valence-corrected chi connectivity index (χ3v) is 5.86. The van der Waals surface area contributed by atoms with Crippen molar-refractivity contribution in [3.8, 4) is 17.3 Å². The van der Waals surface area contributed by atoms with Gasteiger partial charge in [-0.1, -0.05) is 12.1 Å². The molecule has 1 fully saturated rings. The molecule has 1 aliphatic heterocycles. The number of rotatable bonds is 4. The van der Waals surface area contributed by atoms with E-state index in [1.165, 1.54) is 46.9 Å². The van der Waals surface area contributed by atoms with Gasteiger partial charge in [-0.15, -0.1) is 22.6 Å². The third-order valence-electron chi connectivity index (χ3n) is 5.86. The predicted octanol–water partition coefficient (Wildman–Crippen LogP) is 4.15. The fourth-order valence-electron chi connectivity index (χ4n) is 4.31. The van der Waals surface area contributed by atoms with Crippen LogP contribution in [0.2, 0.25) is 0 Å². The van der Waals surface area contributed by atoms with E-state index in [9.17, 15) is 17.6 Å². The topological polar surface area (TPSA) is 81.6 Å². The Kier molecular flexibility index (Phi) is 6.36. The summed E-state index contributed by atoms with van der Waals surface area (Å²) in [4.78, 5) is 5.86. The first-order chi connectivity index (χ1) is 15.7. The Labute approximate surface area is 197 Å². The zero-order valence-electron chi connectivity index (χ0n) is 18.0. The second-order valence-electron chi connectivity index (χ2n) is 8.08. The van der Waals surface area contributed by atoms with Crippen LogP contribution in [0.15, 0.2) is 42.6 Å². The highest BCUT2D eigenvalue weighted by Crippen LogP contribution is 2.39. The number of halogens is 5. The van der Waals surface area contributed by atoms with E-state index in [-0.39, 0.29) is 48.7 Å². The van der Waals surface area contributed by atoms with Crippen molar-refractivity contribution < 1.29 is 22.3 Å².